The second-order valence-corrected chi connectivity index (χ2v) is 7.69. The maximum Gasteiger partial charge on any atom is 0.507 e. The van der Waals surface area contributed by atoms with Gasteiger partial charge < -0.3 is 19.7 Å². The van der Waals surface area contributed by atoms with Crippen LogP contribution in [-0.4, -0.2) is 34.7 Å². The van der Waals surface area contributed by atoms with Gasteiger partial charge in [-0.05, 0) is 18.5 Å². The van der Waals surface area contributed by atoms with Crippen molar-refractivity contribution in [3.63, 3.8) is 0 Å². The molecule has 0 aliphatic carbocycles. The van der Waals surface area contributed by atoms with Crippen molar-refractivity contribution >= 4 is 38.5 Å². The fraction of sp³-hybridized carbons (Fsp3) is 0.231. The number of halogens is 5. The van der Waals surface area contributed by atoms with Crippen molar-refractivity contribution in [1.82, 2.24) is 14.1 Å². The molecule has 2 aromatic heterocycles. The van der Waals surface area contributed by atoms with Gasteiger partial charge in [-0.3, -0.25) is 0 Å². The molecule has 0 unspecified atom stereocenters. The van der Waals surface area contributed by atoms with Crippen LogP contribution in [0.3, 0.4) is 0 Å². The van der Waals surface area contributed by atoms with Gasteiger partial charge in [-0.1, -0.05) is 5.16 Å². The van der Waals surface area contributed by atoms with Crippen LogP contribution >= 0.6 is 11.6 Å². The standard InChI is InChI=1S/C13H7ClF4N4O5S/c1-4-9(10(19)21-27-4)28(23,24)22-6-3-8-7(2-5(6)20-11(22)14)25-12(15,16)13(17,18)26-8/h2-3H,1H3,(H2,19,21). The van der Waals surface area contributed by atoms with E-state index < -0.39 is 49.7 Å². The van der Waals surface area contributed by atoms with Crippen LogP contribution in [-0.2, 0) is 10.0 Å². The Bertz CT molecular complexity index is 1220. The molecule has 9 nitrogen and oxygen atoms in total. The molecule has 1 aromatic carbocycles. The van der Waals surface area contributed by atoms with Gasteiger partial charge in [-0.25, -0.2) is 17.4 Å². The van der Waals surface area contributed by atoms with Gasteiger partial charge in [0.15, 0.2) is 28.0 Å². The van der Waals surface area contributed by atoms with Crippen LogP contribution in [0.5, 0.6) is 11.5 Å². The fourth-order valence-corrected chi connectivity index (χ4v) is 4.59. The Labute approximate surface area is 157 Å². The quantitative estimate of drug-likeness (QED) is 0.601. The summed E-state index contributed by atoms with van der Waals surface area (Å²) in [5.74, 6) is -2.26. The van der Waals surface area contributed by atoms with E-state index in [2.05, 4.69) is 19.6 Å². The Balaban J connectivity index is 1.97. The molecule has 0 atom stereocenters. The van der Waals surface area contributed by atoms with Crippen molar-refractivity contribution < 1.29 is 40.0 Å². The van der Waals surface area contributed by atoms with Crippen LogP contribution in [0.15, 0.2) is 21.6 Å². The van der Waals surface area contributed by atoms with Crippen LogP contribution < -0.4 is 15.2 Å². The monoisotopic (exact) mass is 442 g/mol. The van der Waals surface area contributed by atoms with E-state index in [0.29, 0.717) is 3.97 Å². The van der Waals surface area contributed by atoms with Crippen molar-refractivity contribution in [3.05, 3.63) is 23.2 Å². The van der Waals surface area contributed by atoms with Gasteiger partial charge in [-0.2, -0.15) is 17.6 Å². The molecule has 1 aliphatic rings. The minimum absolute atomic E-state index is 0.167. The third kappa shape index (κ3) is 2.40. The van der Waals surface area contributed by atoms with E-state index in [-0.39, 0.29) is 16.8 Å². The number of alkyl halides is 4. The summed E-state index contributed by atoms with van der Waals surface area (Å²) in [5.41, 5.74) is 4.92. The predicted octanol–water partition coefficient (Wildman–Crippen LogP) is 2.76. The number of nitrogens with zero attached hydrogens (tertiary/aromatic N) is 3. The van der Waals surface area contributed by atoms with Crippen molar-refractivity contribution in [2.45, 2.75) is 24.0 Å². The number of ether oxygens (including phenoxy) is 2. The first-order chi connectivity index (χ1) is 12.8. The molecule has 3 aromatic rings. The highest BCUT2D eigenvalue weighted by Crippen LogP contribution is 2.48. The number of rotatable bonds is 2. The Morgan fingerprint density at radius 2 is 1.71 bits per heavy atom. The smallest absolute Gasteiger partial charge is 0.421 e. The lowest BCUT2D eigenvalue weighted by Crippen LogP contribution is -2.52. The van der Waals surface area contributed by atoms with Crippen LogP contribution in [0.25, 0.3) is 11.0 Å². The lowest BCUT2D eigenvalue weighted by molar-refractivity contribution is -0.391. The molecule has 2 N–H and O–H groups in total. The van der Waals surface area contributed by atoms with E-state index in [9.17, 15) is 26.0 Å². The van der Waals surface area contributed by atoms with E-state index in [1.165, 1.54) is 6.92 Å². The number of aryl methyl sites for hydroxylation is 1. The van der Waals surface area contributed by atoms with Gasteiger partial charge >= 0.3 is 12.2 Å². The number of hydrogen-bond donors (Lipinski definition) is 1. The first-order valence-electron chi connectivity index (χ1n) is 7.18. The SMILES string of the molecule is Cc1onc(N)c1S(=O)(=O)n1c(Cl)nc2cc3c(cc21)OC(F)(F)C(F)(F)O3. The Hall–Kier alpha value is -2.74. The van der Waals surface area contributed by atoms with Crippen LogP contribution in [0.4, 0.5) is 23.4 Å². The van der Waals surface area contributed by atoms with E-state index in [4.69, 9.17) is 21.9 Å². The molecule has 0 saturated heterocycles. The average molecular weight is 443 g/mol. The molecule has 0 amide bonds. The third-order valence-electron chi connectivity index (χ3n) is 3.79. The molecule has 0 radical (unpaired) electrons. The van der Waals surface area contributed by atoms with Gasteiger partial charge in [-0.15, -0.1) is 0 Å². The molecule has 1 aliphatic heterocycles. The third-order valence-corrected chi connectivity index (χ3v) is 6.00. The van der Waals surface area contributed by atoms with Crippen molar-refractivity contribution in [2.24, 2.45) is 0 Å². The second-order valence-electron chi connectivity index (χ2n) is 5.63. The topological polar surface area (TPSA) is 122 Å². The first-order valence-corrected chi connectivity index (χ1v) is 9.00. The van der Waals surface area contributed by atoms with Crippen LogP contribution in [0.2, 0.25) is 5.28 Å². The number of aromatic nitrogens is 3. The van der Waals surface area contributed by atoms with Crippen LogP contribution in [0, 0.1) is 6.92 Å². The van der Waals surface area contributed by atoms with E-state index in [0.717, 1.165) is 12.1 Å². The lowest BCUT2D eigenvalue weighted by Gasteiger charge is -2.31. The summed E-state index contributed by atoms with van der Waals surface area (Å²) in [5, 5.41) is 2.70. The number of hydrogen-bond acceptors (Lipinski definition) is 8. The number of nitrogen functional groups attached to an aromatic ring is 1. The Morgan fingerprint density at radius 1 is 1.14 bits per heavy atom. The molecule has 150 valence electrons. The maximum atomic E-state index is 13.4. The molecular weight excluding hydrogens is 436 g/mol. The molecule has 28 heavy (non-hydrogen) atoms. The molecule has 4 rings (SSSR count). The summed E-state index contributed by atoms with van der Waals surface area (Å²) in [7, 11) is -4.54. The first kappa shape index (κ1) is 18.6. The molecular formula is C13H7ClF4N4O5S. The van der Waals surface area contributed by atoms with E-state index >= 15 is 0 Å². The number of benzene rings is 1. The van der Waals surface area contributed by atoms with Crippen molar-refractivity contribution in [1.29, 1.82) is 0 Å². The average Bonchev–Trinajstić information content (AvgIpc) is 3.04. The molecule has 3 heterocycles. The fourth-order valence-electron chi connectivity index (χ4n) is 2.60. The summed E-state index contributed by atoms with van der Waals surface area (Å²) in [6.07, 6.45) is -9.93. The zero-order valence-electron chi connectivity index (χ0n) is 13.4. The zero-order chi connectivity index (χ0) is 20.6. The number of nitrogens with two attached hydrogens (primary N) is 1. The van der Waals surface area contributed by atoms with E-state index in [1.54, 1.807) is 0 Å². The minimum atomic E-state index is -4.99. The van der Waals surface area contributed by atoms with Crippen molar-refractivity contribution in [2.75, 3.05) is 5.73 Å². The van der Waals surface area contributed by atoms with Crippen LogP contribution in [0.1, 0.15) is 5.76 Å². The van der Waals surface area contributed by atoms with Gasteiger partial charge in [0.1, 0.15) is 0 Å². The molecule has 15 heteroatoms. The lowest BCUT2D eigenvalue weighted by atomic mass is 10.2. The molecule has 0 bridgehead atoms. The van der Waals surface area contributed by atoms with E-state index in [1.807, 2.05) is 0 Å². The Morgan fingerprint density at radius 3 is 2.25 bits per heavy atom. The molecule has 0 fully saturated rings. The highest BCUT2D eigenvalue weighted by atomic mass is 35.5. The largest absolute Gasteiger partial charge is 0.507 e. The molecule has 0 saturated carbocycles. The highest BCUT2D eigenvalue weighted by Gasteiger charge is 2.66. The summed E-state index contributed by atoms with van der Waals surface area (Å²) in [6.45, 7) is 1.27. The normalized spacial score (nSPS) is 17.8. The molecule has 0 spiro atoms. The Kier molecular flexibility index (Phi) is 3.60. The number of imidazole rings is 1. The summed E-state index contributed by atoms with van der Waals surface area (Å²) in [6, 6.07) is 1.51. The summed E-state index contributed by atoms with van der Waals surface area (Å²) < 4.78 is 92.6. The van der Waals surface area contributed by atoms with Gasteiger partial charge in [0.2, 0.25) is 5.28 Å². The van der Waals surface area contributed by atoms with Crippen molar-refractivity contribution in [3.8, 4) is 11.5 Å². The summed E-state index contributed by atoms with van der Waals surface area (Å²) in [4.78, 5) is 3.20. The minimum Gasteiger partial charge on any atom is -0.421 e. The van der Waals surface area contributed by atoms with Gasteiger partial charge in [0.05, 0.1) is 11.0 Å². The van der Waals surface area contributed by atoms with Gasteiger partial charge in [0.25, 0.3) is 10.0 Å². The maximum absolute atomic E-state index is 13.4. The van der Waals surface area contributed by atoms with Gasteiger partial charge in [0, 0.05) is 12.1 Å². The summed E-state index contributed by atoms with van der Waals surface area (Å²) >= 11 is 5.90. The zero-order valence-corrected chi connectivity index (χ0v) is 15.0. The second kappa shape index (κ2) is 5.41. The highest BCUT2D eigenvalue weighted by molar-refractivity contribution is 7.90. The predicted molar refractivity (Wildman–Crippen MR) is 84.1 cm³/mol. The number of anilines is 1. The number of fused-ring (bicyclic) bond motifs is 2.